The maximum Gasteiger partial charge on any atom is 0.416 e. The molecule has 0 aliphatic carbocycles. The summed E-state index contributed by atoms with van der Waals surface area (Å²) >= 11 is 0. The maximum absolute atomic E-state index is 13.2. The smallest absolute Gasteiger partial charge is 0.314 e. The van der Waals surface area contributed by atoms with Crippen LogP contribution in [0, 0.1) is 0 Å². The van der Waals surface area contributed by atoms with Gasteiger partial charge in [0.05, 0.1) is 16.5 Å². The van der Waals surface area contributed by atoms with Crippen molar-refractivity contribution < 1.29 is 21.6 Å². The zero-order valence-electron chi connectivity index (χ0n) is 15.2. The van der Waals surface area contributed by atoms with Crippen LogP contribution in [0.15, 0.2) is 29.2 Å². The highest BCUT2D eigenvalue weighted by molar-refractivity contribution is 7.89. The SMILES string of the molecule is O=S(=O)(c1cccc(C(F)(F)F)c1)N1CCCC1c1nnc2n1CCCCC2. The molecule has 1 fully saturated rings. The molecule has 1 unspecified atom stereocenters. The van der Waals surface area contributed by atoms with Crippen LogP contribution in [0.25, 0.3) is 0 Å². The number of halogens is 3. The molecule has 2 aliphatic rings. The summed E-state index contributed by atoms with van der Waals surface area (Å²) < 4.78 is 68.7. The van der Waals surface area contributed by atoms with E-state index in [0.29, 0.717) is 24.7 Å². The summed E-state index contributed by atoms with van der Waals surface area (Å²) in [7, 11) is -4.08. The van der Waals surface area contributed by atoms with Crippen LogP contribution in [-0.4, -0.2) is 34.0 Å². The number of aryl methyl sites for hydroxylation is 1. The second kappa shape index (κ2) is 7.14. The second-order valence-corrected chi connectivity index (χ2v) is 9.13. The summed E-state index contributed by atoms with van der Waals surface area (Å²) in [5, 5.41) is 8.50. The molecule has 28 heavy (non-hydrogen) atoms. The Morgan fingerprint density at radius 3 is 2.64 bits per heavy atom. The first-order valence-corrected chi connectivity index (χ1v) is 10.8. The van der Waals surface area contributed by atoms with E-state index < -0.39 is 27.8 Å². The van der Waals surface area contributed by atoms with E-state index in [0.717, 1.165) is 50.2 Å². The standard InChI is InChI=1S/C18H21F3N4O2S/c19-18(20,21)13-6-4-7-14(12-13)28(26,27)25-11-5-8-15(25)17-23-22-16-9-2-1-3-10-24(16)17/h4,6-7,12,15H,1-3,5,8-11H2. The molecule has 2 aliphatic heterocycles. The van der Waals surface area contributed by atoms with Gasteiger partial charge in [-0.05, 0) is 43.9 Å². The highest BCUT2D eigenvalue weighted by Crippen LogP contribution is 2.38. The van der Waals surface area contributed by atoms with Crippen LogP contribution in [0.2, 0.25) is 0 Å². The third kappa shape index (κ3) is 3.43. The molecule has 0 bridgehead atoms. The van der Waals surface area contributed by atoms with Gasteiger partial charge >= 0.3 is 6.18 Å². The zero-order valence-corrected chi connectivity index (χ0v) is 16.0. The molecule has 0 saturated carbocycles. The molecule has 0 amide bonds. The maximum atomic E-state index is 13.2. The number of fused-ring (bicyclic) bond motifs is 1. The molecule has 152 valence electrons. The Hall–Kier alpha value is -1.94. The monoisotopic (exact) mass is 414 g/mol. The van der Waals surface area contributed by atoms with Crippen LogP contribution in [0.4, 0.5) is 13.2 Å². The molecular formula is C18H21F3N4O2S. The molecule has 1 aromatic carbocycles. The average molecular weight is 414 g/mol. The van der Waals surface area contributed by atoms with Crippen molar-refractivity contribution in [2.45, 2.75) is 62.2 Å². The lowest BCUT2D eigenvalue weighted by Crippen LogP contribution is -2.32. The first-order valence-electron chi connectivity index (χ1n) is 9.39. The first-order chi connectivity index (χ1) is 13.3. The molecule has 0 radical (unpaired) electrons. The van der Waals surface area contributed by atoms with Crippen LogP contribution in [0.3, 0.4) is 0 Å². The molecule has 4 rings (SSSR count). The minimum atomic E-state index is -4.60. The van der Waals surface area contributed by atoms with E-state index in [1.54, 1.807) is 0 Å². The van der Waals surface area contributed by atoms with Crippen LogP contribution in [-0.2, 0) is 29.2 Å². The van der Waals surface area contributed by atoms with Gasteiger partial charge in [-0.3, -0.25) is 0 Å². The number of nitrogens with zero attached hydrogens (tertiary/aromatic N) is 4. The topological polar surface area (TPSA) is 68.1 Å². The van der Waals surface area contributed by atoms with Crippen molar-refractivity contribution in [3.05, 3.63) is 41.5 Å². The van der Waals surface area contributed by atoms with Gasteiger partial charge in [0.25, 0.3) is 0 Å². The number of aromatic nitrogens is 3. The lowest BCUT2D eigenvalue weighted by molar-refractivity contribution is -0.137. The van der Waals surface area contributed by atoms with Gasteiger partial charge in [-0.15, -0.1) is 10.2 Å². The fourth-order valence-corrected chi connectivity index (χ4v) is 5.71. The average Bonchev–Trinajstić information content (AvgIpc) is 3.22. The number of benzene rings is 1. The molecule has 1 saturated heterocycles. The Bertz CT molecular complexity index is 971. The normalized spacial score (nSPS) is 21.5. The lowest BCUT2D eigenvalue weighted by Gasteiger charge is -2.24. The lowest BCUT2D eigenvalue weighted by atomic mass is 10.2. The Morgan fingerprint density at radius 2 is 1.86 bits per heavy atom. The molecular weight excluding hydrogens is 393 g/mol. The number of rotatable bonds is 3. The number of hydrogen-bond donors (Lipinski definition) is 0. The molecule has 0 N–H and O–H groups in total. The predicted octanol–water partition coefficient (Wildman–Crippen LogP) is 3.55. The molecule has 6 nitrogen and oxygen atoms in total. The Morgan fingerprint density at radius 1 is 1.04 bits per heavy atom. The van der Waals surface area contributed by atoms with Crippen molar-refractivity contribution in [2.75, 3.05) is 6.54 Å². The van der Waals surface area contributed by atoms with Crippen LogP contribution in [0.1, 0.15) is 55.4 Å². The number of sulfonamides is 1. The minimum absolute atomic E-state index is 0.255. The summed E-state index contributed by atoms with van der Waals surface area (Å²) in [6.07, 6.45) is 0.502. The van der Waals surface area contributed by atoms with Gasteiger partial charge in [0.1, 0.15) is 5.82 Å². The molecule has 1 aromatic heterocycles. The van der Waals surface area contributed by atoms with E-state index in [4.69, 9.17) is 0 Å². The molecule has 2 aromatic rings. The Labute approximate surface area is 161 Å². The van der Waals surface area contributed by atoms with Crippen molar-refractivity contribution in [1.29, 1.82) is 0 Å². The van der Waals surface area contributed by atoms with Gasteiger partial charge in [-0.25, -0.2) is 8.42 Å². The third-order valence-electron chi connectivity index (χ3n) is 5.41. The van der Waals surface area contributed by atoms with E-state index in [9.17, 15) is 21.6 Å². The highest BCUT2D eigenvalue weighted by atomic mass is 32.2. The first kappa shape index (κ1) is 19.4. The minimum Gasteiger partial charge on any atom is -0.314 e. The number of hydrogen-bond acceptors (Lipinski definition) is 4. The van der Waals surface area contributed by atoms with Gasteiger partial charge < -0.3 is 4.57 Å². The van der Waals surface area contributed by atoms with E-state index in [-0.39, 0.29) is 11.4 Å². The van der Waals surface area contributed by atoms with Crippen molar-refractivity contribution >= 4 is 10.0 Å². The molecule has 1 atom stereocenters. The summed E-state index contributed by atoms with van der Waals surface area (Å²) in [6.45, 7) is 0.997. The van der Waals surface area contributed by atoms with Gasteiger partial charge in [0, 0.05) is 19.5 Å². The van der Waals surface area contributed by atoms with E-state index in [2.05, 4.69) is 10.2 Å². The van der Waals surface area contributed by atoms with E-state index in [1.807, 2.05) is 4.57 Å². The van der Waals surface area contributed by atoms with Gasteiger partial charge in [-0.1, -0.05) is 12.5 Å². The van der Waals surface area contributed by atoms with E-state index in [1.165, 1.54) is 10.4 Å². The van der Waals surface area contributed by atoms with Crippen molar-refractivity contribution in [2.24, 2.45) is 0 Å². The fourth-order valence-electron chi connectivity index (χ4n) is 4.01. The summed E-state index contributed by atoms with van der Waals surface area (Å²) in [4.78, 5) is -0.343. The quantitative estimate of drug-likeness (QED) is 0.770. The molecule has 10 heteroatoms. The van der Waals surface area contributed by atoms with Gasteiger partial charge in [0.2, 0.25) is 10.0 Å². The molecule has 0 spiro atoms. The van der Waals surface area contributed by atoms with Crippen LogP contribution in [0.5, 0.6) is 0 Å². The van der Waals surface area contributed by atoms with Crippen molar-refractivity contribution in [3.8, 4) is 0 Å². The Balaban J connectivity index is 1.70. The van der Waals surface area contributed by atoms with Crippen molar-refractivity contribution in [3.63, 3.8) is 0 Å². The predicted molar refractivity (Wildman–Crippen MR) is 94.9 cm³/mol. The highest BCUT2D eigenvalue weighted by Gasteiger charge is 2.40. The third-order valence-corrected chi connectivity index (χ3v) is 7.31. The van der Waals surface area contributed by atoms with E-state index >= 15 is 0 Å². The van der Waals surface area contributed by atoms with Crippen LogP contribution < -0.4 is 0 Å². The Kier molecular flexibility index (Phi) is 4.95. The number of alkyl halides is 3. The van der Waals surface area contributed by atoms with Crippen LogP contribution >= 0.6 is 0 Å². The largest absolute Gasteiger partial charge is 0.416 e. The fraction of sp³-hybridized carbons (Fsp3) is 0.556. The summed E-state index contributed by atoms with van der Waals surface area (Å²) in [5.41, 5.74) is -0.972. The van der Waals surface area contributed by atoms with Crippen molar-refractivity contribution in [1.82, 2.24) is 19.1 Å². The summed E-state index contributed by atoms with van der Waals surface area (Å²) in [5.74, 6) is 1.46. The zero-order chi connectivity index (χ0) is 19.9. The second-order valence-electron chi connectivity index (χ2n) is 7.24. The van der Waals surface area contributed by atoms with Gasteiger partial charge in [0.15, 0.2) is 5.82 Å². The summed E-state index contributed by atoms with van der Waals surface area (Å²) in [6, 6.07) is 3.42. The van der Waals surface area contributed by atoms with Gasteiger partial charge in [-0.2, -0.15) is 17.5 Å². The molecule has 3 heterocycles.